The summed E-state index contributed by atoms with van der Waals surface area (Å²) in [6.45, 7) is 3.31. The molecule has 2 N–H and O–H groups in total. The molecule has 1 saturated heterocycles. The third-order valence-electron chi connectivity index (χ3n) is 4.54. The molecule has 1 aliphatic heterocycles. The number of methoxy groups -OCH3 is 1. The molecule has 2 amide bonds. The number of nitrogens with zero attached hydrogens (tertiary/aromatic N) is 1. The minimum atomic E-state index is -0.208. The molecule has 0 aliphatic carbocycles. The Labute approximate surface area is 149 Å². The molecule has 0 radical (unpaired) electrons. The third kappa shape index (κ3) is 6.74. The summed E-state index contributed by atoms with van der Waals surface area (Å²) in [7, 11) is 1.39. The number of likely N-dealkylation sites (tertiary alicyclic amines) is 1. The Morgan fingerprint density at radius 3 is 2.52 bits per heavy atom. The molecule has 1 heterocycles. The summed E-state index contributed by atoms with van der Waals surface area (Å²) < 4.78 is 4.59. The maximum Gasteiger partial charge on any atom is 0.314 e. The van der Waals surface area contributed by atoms with E-state index < -0.39 is 0 Å². The first kappa shape index (κ1) is 19.2. The number of carbonyl (C=O) groups is 2. The summed E-state index contributed by atoms with van der Waals surface area (Å²) >= 11 is 0. The summed E-state index contributed by atoms with van der Waals surface area (Å²) in [5.41, 5.74) is 1.24. The molecule has 1 unspecified atom stereocenters. The van der Waals surface area contributed by atoms with Gasteiger partial charge >= 0.3 is 12.0 Å². The minimum Gasteiger partial charge on any atom is -0.469 e. The molecular formula is C19H29N3O3. The lowest BCUT2D eigenvalue weighted by Crippen LogP contribution is -2.41. The largest absolute Gasteiger partial charge is 0.469 e. The Morgan fingerprint density at radius 1 is 1.12 bits per heavy atom. The van der Waals surface area contributed by atoms with Gasteiger partial charge in [0.1, 0.15) is 0 Å². The molecule has 2 rings (SSSR count). The standard InChI is InChI=1S/C19H29N3O3/c1-25-18(23)11-5-6-12-20-19(24)21-15-17(22-13-7-8-14-22)16-9-3-2-4-10-16/h2-4,9-10,17H,5-8,11-15H2,1H3,(H2,20,21,24). The average Bonchev–Trinajstić information content (AvgIpc) is 3.16. The second kappa shape index (κ2) is 10.7. The van der Waals surface area contributed by atoms with Crippen LogP contribution >= 0.6 is 0 Å². The molecule has 138 valence electrons. The van der Waals surface area contributed by atoms with Gasteiger partial charge in [0.2, 0.25) is 0 Å². The van der Waals surface area contributed by atoms with Crippen LogP contribution in [0.15, 0.2) is 30.3 Å². The number of unbranched alkanes of at least 4 members (excludes halogenated alkanes) is 1. The number of urea groups is 1. The molecule has 6 heteroatoms. The number of amides is 2. The van der Waals surface area contributed by atoms with Gasteiger partial charge in [0.15, 0.2) is 0 Å². The van der Waals surface area contributed by atoms with Crippen LogP contribution in [0.4, 0.5) is 4.79 Å². The summed E-state index contributed by atoms with van der Waals surface area (Å²) in [6, 6.07) is 10.4. The topological polar surface area (TPSA) is 70.7 Å². The zero-order valence-electron chi connectivity index (χ0n) is 15.0. The molecule has 0 bridgehead atoms. The van der Waals surface area contributed by atoms with Crippen molar-refractivity contribution in [1.82, 2.24) is 15.5 Å². The van der Waals surface area contributed by atoms with Crippen LogP contribution in [-0.2, 0) is 9.53 Å². The normalized spacial score (nSPS) is 15.6. The highest BCUT2D eigenvalue weighted by Crippen LogP contribution is 2.24. The number of ether oxygens (including phenoxy) is 1. The molecule has 0 aromatic heterocycles. The van der Waals surface area contributed by atoms with Crippen molar-refractivity contribution in [2.75, 3.05) is 33.3 Å². The summed E-state index contributed by atoms with van der Waals surface area (Å²) in [5, 5.41) is 5.84. The van der Waals surface area contributed by atoms with Crippen molar-refractivity contribution in [1.29, 1.82) is 0 Å². The molecule has 1 atom stereocenters. The number of benzene rings is 1. The lowest BCUT2D eigenvalue weighted by atomic mass is 10.1. The molecule has 1 fully saturated rings. The summed E-state index contributed by atoms with van der Waals surface area (Å²) in [5.74, 6) is -0.208. The second-order valence-electron chi connectivity index (χ2n) is 6.34. The van der Waals surface area contributed by atoms with Crippen molar-refractivity contribution in [3.63, 3.8) is 0 Å². The Morgan fingerprint density at radius 2 is 1.84 bits per heavy atom. The zero-order chi connectivity index (χ0) is 17.9. The van der Waals surface area contributed by atoms with Crippen LogP contribution in [0.2, 0.25) is 0 Å². The van der Waals surface area contributed by atoms with Gasteiger partial charge in [-0.05, 0) is 44.3 Å². The van der Waals surface area contributed by atoms with Crippen molar-refractivity contribution in [2.24, 2.45) is 0 Å². The maximum atomic E-state index is 12.0. The van der Waals surface area contributed by atoms with Crippen LogP contribution in [0.25, 0.3) is 0 Å². The van der Waals surface area contributed by atoms with E-state index in [9.17, 15) is 9.59 Å². The second-order valence-corrected chi connectivity index (χ2v) is 6.34. The molecule has 0 saturated carbocycles. The number of hydrogen-bond donors (Lipinski definition) is 2. The smallest absolute Gasteiger partial charge is 0.314 e. The zero-order valence-corrected chi connectivity index (χ0v) is 15.0. The van der Waals surface area contributed by atoms with Crippen LogP contribution in [0.3, 0.4) is 0 Å². The van der Waals surface area contributed by atoms with Crippen LogP contribution < -0.4 is 10.6 Å². The van der Waals surface area contributed by atoms with Gasteiger partial charge < -0.3 is 15.4 Å². The first-order chi connectivity index (χ1) is 12.2. The monoisotopic (exact) mass is 347 g/mol. The fourth-order valence-electron chi connectivity index (χ4n) is 3.14. The lowest BCUT2D eigenvalue weighted by molar-refractivity contribution is -0.140. The Kier molecular flexibility index (Phi) is 8.25. The van der Waals surface area contributed by atoms with Crippen LogP contribution in [0, 0.1) is 0 Å². The van der Waals surface area contributed by atoms with Crippen LogP contribution in [0.5, 0.6) is 0 Å². The first-order valence-electron chi connectivity index (χ1n) is 9.08. The fourth-order valence-corrected chi connectivity index (χ4v) is 3.14. The Balaban J connectivity index is 1.72. The number of hydrogen-bond acceptors (Lipinski definition) is 4. The van der Waals surface area contributed by atoms with Crippen molar-refractivity contribution >= 4 is 12.0 Å². The van der Waals surface area contributed by atoms with E-state index >= 15 is 0 Å². The van der Waals surface area contributed by atoms with E-state index in [2.05, 4.69) is 32.4 Å². The first-order valence-corrected chi connectivity index (χ1v) is 9.08. The average molecular weight is 347 g/mol. The van der Waals surface area contributed by atoms with E-state index in [1.54, 1.807) is 0 Å². The number of carbonyl (C=O) groups excluding carboxylic acids is 2. The van der Waals surface area contributed by atoms with Crippen LogP contribution in [0.1, 0.15) is 43.7 Å². The van der Waals surface area contributed by atoms with E-state index in [-0.39, 0.29) is 18.0 Å². The van der Waals surface area contributed by atoms with Gasteiger partial charge in [-0.2, -0.15) is 0 Å². The SMILES string of the molecule is COC(=O)CCCCNC(=O)NCC(c1ccccc1)N1CCCC1. The van der Waals surface area contributed by atoms with E-state index in [1.165, 1.54) is 25.5 Å². The van der Waals surface area contributed by atoms with Gasteiger partial charge in [-0.3, -0.25) is 9.69 Å². The fraction of sp³-hybridized carbons (Fsp3) is 0.579. The van der Waals surface area contributed by atoms with Gasteiger partial charge in [0.25, 0.3) is 0 Å². The highest BCUT2D eigenvalue weighted by atomic mass is 16.5. The summed E-state index contributed by atoms with van der Waals surface area (Å²) in [6.07, 6.45) is 4.31. The van der Waals surface area contributed by atoms with Crippen molar-refractivity contribution < 1.29 is 14.3 Å². The van der Waals surface area contributed by atoms with Gasteiger partial charge in [0, 0.05) is 19.5 Å². The third-order valence-corrected chi connectivity index (χ3v) is 4.54. The molecule has 25 heavy (non-hydrogen) atoms. The van der Waals surface area contributed by atoms with Crippen molar-refractivity contribution in [3.8, 4) is 0 Å². The quantitative estimate of drug-likeness (QED) is 0.532. The van der Waals surface area contributed by atoms with Gasteiger partial charge in [-0.15, -0.1) is 0 Å². The maximum absolute atomic E-state index is 12.0. The predicted octanol–water partition coefficient (Wildman–Crippen LogP) is 2.47. The number of nitrogens with one attached hydrogen (secondary N) is 2. The van der Waals surface area contributed by atoms with Gasteiger partial charge in [-0.25, -0.2) is 4.79 Å². The van der Waals surface area contributed by atoms with E-state index in [0.29, 0.717) is 25.9 Å². The number of rotatable bonds is 9. The molecular weight excluding hydrogens is 318 g/mol. The van der Waals surface area contributed by atoms with Gasteiger partial charge in [-0.1, -0.05) is 30.3 Å². The van der Waals surface area contributed by atoms with Crippen molar-refractivity contribution in [2.45, 2.75) is 38.1 Å². The Hall–Kier alpha value is -2.08. The van der Waals surface area contributed by atoms with Crippen molar-refractivity contribution in [3.05, 3.63) is 35.9 Å². The van der Waals surface area contributed by atoms with E-state index in [1.807, 2.05) is 18.2 Å². The highest BCUT2D eigenvalue weighted by Gasteiger charge is 2.23. The predicted molar refractivity (Wildman–Crippen MR) is 97.3 cm³/mol. The van der Waals surface area contributed by atoms with Crippen LogP contribution in [-0.4, -0.2) is 50.2 Å². The highest BCUT2D eigenvalue weighted by molar-refractivity contribution is 5.73. The molecule has 6 nitrogen and oxygen atoms in total. The molecule has 1 aromatic carbocycles. The summed E-state index contributed by atoms with van der Waals surface area (Å²) in [4.78, 5) is 25.5. The molecule has 1 aliphatic rings. The van der Waals surface area contributed by atoms with Gasteiger partial charge in [0.05, 0.1) is 13.2 Å². The van der Waals surface area contributed by atoms with E-state index in [4.69, 9.17) is 0 Å². The molecule has 0 spiro atoms. The van der Waals surface area contributed by atoms with E-state index in [0.717, 1.165) is 19.5 Å². The number of esters is 1. The lowest BCUT2D eigenvalue weighted by Gasteiger charge is -2.28. The minimum absolute atomic E-state index is 0.154. The molecule has 1 aromatic rings. The Bertz CT molecular complexity index is 530.